The molecule has 4 heterocycles. The Morgan fingerprint density at radius 3 is 2.78 bits per heavy atom. The summed E-state index contributed by atoms with van der Waals surface area (Å²) in [7, 11) is 0. The van der Waals surface area contributed by atoms with Crippen molar-refractivity contribution in [1.82, 2.24) is 14.9 Å². The first-order valence-corrected chi connectivity index (χ1v) is 10.5. The largest absolute Gasteiger partial charge is 0.396 e. The van der Waals surface area contributed by atoms with Crippen LogP contribution in [0.15, 0.2) is 12.4 Å². The van der Waals surface area contributed by atoms with E-state index in [4.69, 9.17) is 4.74 Å². The Kier molecular flexibility index (Phi) is 6.42. The Bertz CT molecular complexity index is 587. The van der Waals surface area contributed by atoms with Gasteiger partial charge in [-0.15, -0.1) is 0 Å². The first-order valence-electron chi connectivity index (χ1n) is 10.5. The van der Waals surface area contributed by atoms with Crippen LogP contribution in [0.1, 0.15) is 32.1 Å². The zero-order valence-corrected chi connectivity index (χ0v) is 16.2. The van der Waals surface area contributed by atoms with E-state index in [0.29, 0.717) is 12.0 Å². The maximum atomic E-state index is 9.45. The van der Waals surface area contributed by atoms with E-state index in [2.05, 4.69) is 31.2 Å². The van der Waals surface area contributed by atoms with Crippen molar-refractivity contribution in [3.63, 3.8) is 0 Å². The molecule has 7 nitrogen and oxygen atoms in total. The Hall–Kier alpha value is -1.44. The molecule has 7 heteroatoms. The molecule has 1 aromatic heterocycles. The van der Waals surface area contributed by atoms with Gasteiger partial charge in [0.1, 0.15) is 18.0 Å². The number of nitrogens with one attached hydrogen (secondary N) is 1. The third kappa shape index (κ3) is 5.09. The van der Waals surface area contributed by atoms with Crippen LogP contribution in [0.25, 0.3) is 0 Å². The van der Waals surface area contributed by atoms with Gasteiger partial charge in [-0.3, -0.25) is 0 Å². The van der Waals surface area contributed by atoms with Gasteiger partial charge in [0.2, 0.25) is 0 Å². The molecule has 0 radical (unpaired) electrons. The van der Waals surface area contributed by atoms with Crippen molar-refractivity contribution in [3.05, 3.63) is 12.4 Å². The van der Waals surface area contributed by atoms with Gasteiger partial charge >= 0.3 is 0 Å². The lowest BCUT2D eigenvalue weighted by atomic mass is 9.99. The maximum absolute atomic E-state index is 9.45. The molecule has 4 rings (SSSR count). The lowest BCUT2D eigenvalue weighted by Crippen LogP contribution is -2.41. The van der Waals surface area contributed by atoms with Gasteiger partial charge in [0.15, 0.2) is 0 Å². The van der Waals surface area contributed by atoms with E-state index < -0.39 is 0 Å². The third-order valence-corrected chi connectivity index (χ3v) is 6.23. The predicted octanol–water partition coefficient (Wildman–Crippen LogP) is 1.60. The van der Waals surface area contributed by atoms with Crippen LogP contribution in [0, 0.1) is 11.8 Å². The molecule has 2 unspecified atom stereocenters. The number of aromatic nitrogens is 2. The molecule has 0 saturated carbocycles. The topological polar surface area (TPSA) is 73.8 Å². The fraction of sp³-hybridized carbons (Fsp3) is 0.800. The number of aliphatic hydroxyl groups is 1. The van der Waals surface area contributed by atoms with Gasteiger partial charge in [0.05, 0.1) is 6.61 Å². The smallest absolute Gasteiger partial charge is 0.134 e. The molecule has 3 saturated heterocycles. The zero-order valence-electron chi connectivity index (χ0n) is 16.2. The van der Waals surface area contributed by atoms with Gasteiger partial charge < -0.3 is 25.0 Å². The van der Waals surface area contributed by atoms with E-state index in [-0.39, 0.29) is 6.61 Å². The number of hydrogen-bond acceptors (Lipinski definition) is 7. The minimum Gasteiger partial charge on any atom is -0.396 e. The van der Waals surface area contributed by atoms with E-state index in [9.17, 15) is 5.11 Å². The van der Waals surface area contributed by atoms with E-state index in [0.717, 1.165) is 82.6 Å². The number of ether oxygens (including phenoxy) is 1. The van der Waals surface area contributed by atoms with Crippen molar-refractivity contribution in [3.8, 4) is 0 Å². The van der Waals surface area contributed by atoms with Crippen molar-refractivity contribution >= 4 is 11.6 Å². The van der Waals surface area contributed by atoms with Gasteiger partial charge in [-0.2, -0.15) is 0 Å². The van der Waals surface area contributed by atoms with Crippen LogP contribution in [0.5, 0.6) is 0 Å². The van der Waals surface area contributed by atoms with Crippen LogP contribution in [-0.2, 0) is 4.74 Å². The van der Waals surface area contributed by atoms with Crippen molar-refractivity contribution in [2.24, 2.45) is 11.8 Å². The van der Waals surface area contributed by atoms with Gasteiger partial charge in [-0.25, -0.2) is 9.97 Å². The average molecular weight is 376 g/mol. The lowest BCUT2D eigenvalue weighted by Gasteiger charge is -2.34. The molecular formula is C20H33N5O2. The molecule has 27 heavy (non-hydrogen) atoms. The van der Waals surface area contributed by atoms with Crippen LogP contribution in [0.2, 0.25) is 0 Å². The number of likely N-dealkylation sites (tertiary alicyclic amines) is 1. The van der Waals surface area contributed by atoms with Gasteiger partial charge in [0.25, 0.3) is 0 Å². The lowest BCUT2D eigenvalue weighted by molar-refractivity contribution is 0.154. The Morgan fingerprint density at radius 1 is 1.11 bits per heavy atom. The summed E-state index contributed by atoms with van der Waals surface area (Å²) < 4.78 is 5.50. The van der Waals surface area contributed by atoms with Crippen LogP contribution in [-0.4, -0.2) is 78.6 Å². The molecule has 3 aliphatic rings. The second-order valence-electron chi connectivity index (χ2n) is 8.35. The Balaban J connectivity index is 1.27. The molecule has 0 spiro atoms. The van der Waals surface area contributed by atoms with Crippen LogP contribution < -0.4 is 10.2 Å². The Labute approximate surface area is 162 Å². The third-order valence-electron chi connectivity index (χ3n) is 6.23. The quantitative estimate of drug-likeness (QED) is 0.782. The molecule has 2 N–H and O–H groups in total. The molecule has 0 bridgehead atoms. The van der Waals surface area contributed by atoms with Crippen molar-refractivity contribution in [1.29, 1.82) is 0 Å². The summed E-state index contributed by atoms with van der Waals surface area (Å²) >= 11 is 0. The van der Waals surface area contributed by atoms with E-state index in [1.165, 1.54) is 13.0 Å². The fourth-order valence-electron chi connectivity index (χ4n) is 4.58. The van der Waals surface area contributed by atoms with Crippen LogP contribution in [0.3, 0.4) is 0 Å². The van der Waals surface area contributed by atoms with Gasteiger partial charge in [-0.1, -0.05) is 0 Å². The minimum absolute atomic E-state index is 0.262. The van der Waals surface area contributed by atoms with Crippen LogP contribution in [0.4, 0.5) is 11.6 Å². The second-order valence-corrected chi connectivity index (χ2v) is 8.35. The Morgan fingerprint density at radius 2 is 2.00 bits per heavy atom. The minimum atomic E-state index is 0.262. The first kappa shape index (κ1) is 18.9. The monoisotopic (exact) mass is 375 g/mol. The summed E-state index contributed by atoms with van der Waals surface area (Å²) in [6.45, 7) is 7.52. The highest BCUT2D eigenvalue weighted by Gasteiger charge is 2.24. The van der Waals surface area contributed by atoms with Crippen molar-refractivity contribution in [2.45, 2.75) is 38.1 Å². The molecule has 1 aromatic rings. The number of anilines is 2. The second kappa shape index (κ2) is 9.17. The molecule has 0 amide bonds. The number of nitrogens with zero attached hydrogens (tertiary/aromatic N) is 4. The standard InChI is InChI=1S/C20H33N5O2/c26-13-16-2-1-6-25(12-16)20-10-19(21-15-22-20)23-18-3-7-24(8-4-18)11-17-5-9-27-14-17/h10,15-18,26H,1-9,11-14H2,(H,21,22,23). The highest BCUT2D eigenvalue weighted by molar-refractivity contribution is 5.49. The summed E-state index contributed by atoms with van der Waals surface area (Å²) in [5, 5.41) is 13.1. The predicted molar refractivity (Wildman–Crippen MR) is 106 cm³/mol. The average Bonchev–Trinajstić information content (AvgIpc) is 3.23. The summed E-state index contributed by atoms with van der Waals surface area (Å²) in [5.41, 5.74) is 0. The summed E-state index contributed by atoms with van der Waals surface area (Å²) in [6.07, 6.45) is 7.41. The highest BCUT2D eigenvalue weighted by Crippen LogP contribution is 2.24. The number of aliphatic hydroxyl groups excluding tert-OH is 1. The molecule has 0 aromatic carbocycles. The maximum Gasteiger partial charge on any atom is 0.134 e. The fourth-order valence-corrected chi connectivity index (χ4v) is 4.58. The molecule has 3 aliphatic heterocycles. The summed E-state index contributed by atoms with van der Waals surface area (Å²) in [6, 6.07) is 2.55. The van der Waals surface area contributed by atoms with E-state index in [1.807, 2.05) is 0 Å². The first-order chi connectivity index (χ1) is 13.3. The summed E-state index contributed by atoms with van der Waals surface area (Å²) in [4.78, 5) is 13.8. The molecule has 3 fully saturated rings. The molecule has 0 aliphatic carbocycles. The number of rotatable bonds is 6. The number of piperidine rings is 2. The number of hydrogen-bond donors (Lipinski definition) is 2. The van der Waals surface area contributed by atoms with Gasteiger partial charge in [-0.05, 0) is 43.9 Å². The molecular weight excluding hydrogens is 342 g/mol. The van der Waals surface area contributed by atoms with Crippen LogP contribution >= 0.6 is 0 Å². The molecule has 150 valence electrons. The van der Waals surface area contributed by atoms with E-state index in [1.54, 1.807) is 6.33 Å². The van der Waals surface area contributed by atoms with Crippen molar-refractivity contribution in [2.75, 3.05) is 62.8 Å². The summed E-state index contributed by atoms with van der Waals surface area (Å²) in [5.74, 6) is 2.99. The highest BCUT2D eigenvalue weighted by atomic mass is 16.5. The zero-order chi connectivity index (χ0) is 18.5. The molecule has 2 atom stereocenters. The van der Waals surface area contributed by atoms with Gasteiger partial charge in [0, 0.05) is 58.0 Å². The normalized spacial score (nSPS) is 27.8. The van der Waals surface area contributed by atoms with E-state index >= 15 is 0 Å². The SMILES string of the molecule is OCC1CCCN(c2cc(NC3CCN(CC4CCOC4)CC3)ncn2)C1. The van der Waals surface area contributed by atoms with Crippen molar-refractivity contribution < 1.29 is 9.84 Å².